The highest BCUT2D eigenvalue weighted by molar-refractivity contribution is 6.07. The van der Waals surface area contributed by atoms with Crippen LogP contribution >= 0.6 is 0 Å². The van der Waals surface area contributed by atoms with E-state index in [9.17, 15) is 0 Å². The minimum absolute atomic E-state index is 0.0263. The first-order valence-electron chi connectivity index (χ1n) is 14.9. The third-order valence-electron chi connectivity index (χ3n) is 8.51. The van der Waals surface area contributed by atoms with Crippen molar-refractivity contribution >= 4 is 16.5 Å². The zero-order chi connectivity index (χ0) is 29.0. The fourth-order valence-electron chi connectivity index (χ4n) is 6.57. The fraction of sp³-hybridized carbons (Fsp3) is 0.0476. The normalized spacial score (nSPS) is 11.3. The van der Waals surface area contributed by atoms with Gasteiger partial charge < -0.3 is 5.73 Å². The molecule has 206 valence electrons. The lowest BCUT2D eigenvalue weighted by molar-refractivity contribution is 0.952. The Bertz CT molecular complexity index is 1870. The molecule has 0 aliphatic heterocycles. The molecular weight excluding hydrogens is 518 g/mol. The summed E-state index contributed by atoms with van der Waals surface area (Å²) in [4.78, 5) is 0. The molecule has 0 bridgehead atoms. The van der Waals surface area contributed by atoms with Crippen molar-refractivity contribution < 1.29 is 0 Å². The molecular formula is C42H33N. The maximum absolute atomic E-state index is 7.38. The van der Waals surface area contributed by atoms with Gasteiger partial charge in [0.05, 0.1) is 0 Å². The van der Waals surface area contributed by atoms with E-state index < -0.39 is 0 Å². The van der Waals surface area contributed by atoms with Crippen LogP contribution in [0, 0.1) is 0 Å². The first-order chi connectivity index (χ1) is 21.3. The fourth-order valence-corrected chi connectivity index (χ4v) is 6.57. The van der Waals surface area contributed by atoms with E-state index in [1.807, 2.05) is 0 Å². The van der Waals surface area contributed by atoms with Gasteiger partial charge >= 0.3 is 0 Å². The largest absolute Gasteiger partial charge is 0.398 e. The molecule has 7 aromatic carbocycles. The van der Waals surface area contributed by atoms with Gasteiger partial charge in [0.2, 0.25) is 0 Å². The van der Waals surface area contributed by atoms with E-state index in [1.54, 1.807) is 0 Å². The Labute approximate surface area is 253 Å². The maximum Gasteiger partial charge on any atom is 0.0442 e. The minimum atomic E-state index is -0.0263. The minimum Gasteiger partial charge on any atom is -0.398 e. The molecule has 1 nitrogen and oxygen atoms in total. The number of hydrogen-bond acceptors (Lipinski definition) is 1. The maximum atomic E-state index is 7.38. The third kappa shape index (κ3) is 5.11. The standard InChI is InChI=1S/C42H33N/c43-42-38(40(33-23-12-4-13-24-33)34-25-14-5-15-26-34)29-37(36-28-16-27-35(41(36)42)30-17-6-1-7-18-30)39(31-19-8-2-9-20-31)32-21-10-3-11-22-32/h1-29,39-40H,43H2. The first kappa shape index (κ1) is 26.5. The summed E-state index contributed by atoms with van der Waals surface area (Å²) in [7, 11) is 0. The van der Waals surface area contributed by atoms with Crippen LogP contribution in [-0.4, -0.2) is 0 Å². The molecule has 0 aliphatic carbocycles. The van der Waals surface area contributed by atoms with Crippen LogP contribution in [0.15, 0.2) is 176 Å². The van der Waals surface area contributed by atoms with Crippen LogP contribution < -0.4 is 5.73 Å². The summed E-state index contributed by atoms with van der Waals surface area (Å²) in [6.45, 7) is 0. The van der Waals surface area contributed by atoms with Crippen LogP contribution in [0.2, 0.25) is 0 Å². The van der Waals surface area contributed by atoms with Crippen LogP contribution in [-0.2, 0) is 0 Å². The van der Waals surface area contributed by atoms with E-state index in [0.29, 0.717) is 0 Å². The zero-order valence-corrected chi connectivity index (χ0v) is 24.0. The van der Waals surface area contributed by atoms with Gasteiger partial charge in [-0.1, -0.05) is 176 Å². The lowest BCUT2D eigenvalue weighted by Gasteiger charge is -2.27. The van der Waals surface area contributed by atoms with Crippen LogP contribution in [0.5, 0.6) is 0 Å². The second-order valence-electron chi connectivity index (χ2n) is 11.1. The summed E-state index contributed by atoms with van der Waals surface area (Å²) in [6.07, 6.45) is 0. The Balaban J connectivity index is 1.61. The molecule has 0 amide bonds. The van der Waals surface area contributed by atoms with Gasteiger partial charge in [0.1, 0.15) is 0 Å². The molecule has 7 aromatic rings. The van der Waals surface area contributed by atoms with Crippen molar-refractivity contribution in [2.75, 3.05) is 5.73 Å². The highest BCUT2D eigenvalue weighted by atomic mass is 14.6. The van der Waals surface area contributed by atoms with Crippen molar-refractivity contribution in [3.05, 3.63) is 209 Å². The second kappa shape index (κ2) is 11.8. The van der Waals surface area contributed by atoms with Gasteiger partial charge in [0.25, 0.3) is 0 Å². The van der Waals surface area contributed by atoms with E-state index >= 15 is 0 Å². The van der Waals surface area contributed by atoms with Crippen LogP contribution in [0.4, 0.5) is 5.69 Å². The van der Waals surface area contributed by atoms with Gasteiger partial charge in [-0.15, -0.1) is 0 Å². The predicted molar refractivity (Wildman–Crippen MR) is 181 cm³/mol. The average Bonchev–Trinajstić information content (AvgIpc) is 3.09. The Kier molecular flexibility index (Phi) is 7.29. The van der Waals surface area contributed by atoms with Crippen molar-refractivity contribution in [2.24, 2.45) is 0 Å². The molecule has 0 saturated heterocycles. The van der Waals surface area contributed by atoms with Crippen molar-refractivity contribution in [1.29, 1.82) is 0 Å². The van der Waals surface area contributed by atoms with Gasteiger partial charge in [-0.25, -0.2) is 0 Å². The number of rotatable bonds is 7. The SMILES string of the molecule is Nc1c(C(c2ccccc2)c2ccccc2)cc(C(c2ccccc2)c2ccccc2)c2cccc(-c3ccccc3)c12. The summed E-state index contributed by atoms with van der Waals surface area (Å²) in [5, 5.41) is 2.29. The molecule has 0 aliphatic rings. The van der Waals surface area contributed by atoms with Crippen molar-refractivity contribution in [1.82, 2.24) is 0 Å². The number of hydrogen-bond donors (Lipinski definition) is 1. The molecule has 0 fully saturated rings. The first-order valence-corrected chi connectivity index (χ1v) is 14.9. The van der Waals surface area contributed by atoms with Crippen LogP contribution in [0.3, 0.4) is 0 Å². The number of fused-ring (bicyclic) bond motifs is 1. The van der Waals surface area contributed by atoms with E-state index in [2.05, 4.69) is 176 Å². The summed E-state index contributed by atoms with van der Waals surface area (Å²) in [6, 6.07) is 62.9. The highest BCUT2D eigenvalue weighted by Crippen LogP contribution is 2.46. The average molecular weight is 552 g/mol. The van der Waals surface area contributed by atoms with Gasteiger partial charge in [0.15, 0.2) is 0 Å². The topological polar surface area (TPSA) is 26.0 Å². The second-order valence-corrected chi connectivity index (χ2v) is 11.1. The molecule has 0 heterocycles. The van der Waals surface area contributed by atoms with E-state index in [4.69, 9.17) is 5.73 Å². The quantitative estimate of drug-likeness (QED) is 0.155. The van der Waals surface area contributed by atoms with Gasteiger partial charge in [-0.3, -0.25) is 0 Å². The number of benzene rings is 7. The molecule has 43 heavy (non-hydrogen) atoms. The number of anilines is 1. The summed E-state index contributed by atoms with van der Waals surface area (Å²) in [5.41, 5.74) is 17.9. The molecule has 0 unspecified atom stereocenters. The highest BCUT2D eigenvalue weighted by Gasteiger charge is 2.27. The lowest BCUT2D eigenvalue weighted by atomic mass is 9.76. The zero-order valence-electron chi connectivity index (χ0n) is 24.0. The number of nitrogen functional groups attached to an aromatic ring is 1. The summed E-state index contributed by atoms with van der Waals surface area (Å²) in [5.74, 6) is 0.00375. The Morgan fingerprint density at radius 3 is 1.21 bits per heavy atom. The molecule has 0 spiro atoms. The Hall–Kier alpha value is -5.40. The van der Waals surface area contributed by atoms with Crippen molar-refractivity contribution in [3.63, 3.8) is 0 Å². The lowest BCUT2D eigenvalue weighted by Crippen LogP contribution is -2.11. The third-order valence-corrected chi connectivity index (χ3v) is 8.51. The van der Waals surface area contributed by atoms with E-state index in [1.165, 1.54) is 33.2 Å². The molecule has 2 N–H and O–H groups in total. The van der Waals surface area contributed by atoms with E-state index in [0.717, 1.165) is 27.8 Å². The van der Waals surface area contributed by atoms with Gasteiger partial charge in [-0.2, -0.15) is 0 Å². The molecule has 0 aromatic heterocycles. The van der Waals surface area contributed by atoms with Crippen LogP contribution in [0.25, 0.3) is 21.9 Å². The van der Waals surface area contributed by atoms with Crippen LogP contribution in [0.1, 0.15) is 45.2 Å². The Morgan fingerprint density at radius 2 is 0.767 bits per heavy atom. The number of nitrogens with two attached hydrogens (primary N) is 1. The monoisotopic (exact) mass is 551 g/mol. The molecule has 0 saturated carbocycles. The smallest absolute Gasteiger partial charge is 0.0442 e. The summed E-state index contributed by atoms with van der Waals surface area (Å²) < 4.78 is 0. The summed E-state index contributed by atoms with van der Waals surface area (Å²) >= 11 is 0. The van der Waals surface area contributed by atoms with Crippen molar-refractivity contribution in [3.8, 4) is 11.1 Å². The van der Waals surface area contributed by atoms with Gasteiger partial charge in [0, 0.05) is 22.9 Å². The molecule has 1 heteroatoms. The van der Waals surface area contributed by atoms with Crippen molar-refractivity contribution in [2.45, 2.75) is 11.8 Å². The Morgan fingerprint density at radius 1 is 0.372 bits per heavy atom. The molecule has 0 atom stereocenters. The van der Waals surface area contributed by atoms with Gasteiger partial charge in [-0.05, 0) is 49.9 Å². The molecule has 7 rings (SSSR count). The van der Waals surface area contributed by atoms with E-state index in [-0.39, 0.29) is 11.8 Å². The molecule has 0 radical (unpaired) electrons. The predicted octanol–water partition coefficient (Wildman–Crippen LogP) is 10.4.